The molecule has 21 heavy (non-hydrogen) atoms. The van der Waals surface area contributed by atoms with E-state index in [1.807, 2.05) is 19.1 Å². The largest absolute Gasteiger partial charge is 0.361 e. The van der Waals surface area contributed by atoms with Crippen molar-refractivity contribution >= 4 is 11.7 Å². The zero-order chi connectivity index (χ0) is 14.8. The van der Waals surface area contributed by atoms with Crippen LogP contribution in [-0.4, -0.2) is 52.3 Å². The van der Waals surface area contributed by atoms with Gasteiger partial charge in [0.15, 0.2) is 11.5 Å². The number of hydrogen-bond donors (Lipinski definition) is 0. The molecule has 0 radical (unpaired) electrons. The predicted molar refractivity (Wildman–Crippen MR) is 76.1 cm³/mol. The van der Waals surface area contributed by atoms with Crippen molar-refractivity contribution in [3.8, 4) is 0 Å². The van der Waals surface area contributed by atoms with Gasteiger partial charge in [-0.2, -0.15) is 5.10 Å². The molecule has 1 aliphatic rings. The second kappa shape index (κ2) is 5.51. The number of aromatic nitrogens is 3. The summed E-state index contributed by atoms with van der Waals surface area (Å²) in [5.74, 6) is 1.42. The lowest BCUT2D eigenvalue weighted by Crippen LogP contribution is -2.49. The van der Waals surface area contributed by atoms with E-state index in [1.165, 1.54) is 0 Å². The van der Waals surface area contributed by atoms with Crippen LogP contribution in [0.2, 0.25) is 0 Å². The molecule has 0 atom stereocenters. The third kappa shape index (κ3) is 2.86. The van der Waals surface area contributed by atoms with E-state index >= 15 is 0 Å². The molecular formula is C14H17N5O2. The molecule has 0 N–H and O–H groups in total. The van der Waals surface area contributed by atoms with Crippen molar-refractivity contribution in [1.29, 1.82) is 0 Å². The SMILES string of the molecule is Cc1ccc(N2CCN(C(=O)c3cc(C)on3)CC2)nn1. The minimum atomic E-state index is -0.0820. The zero-order valence-corrected chi connectivity index (χ0v) is 12.1. The second-order valence-corrected chi connectivity index (χ2v) is 5.13. The van der Waals surface area contributed by atoms with Crippen LogP contribution in [0, 0.1) is 13.8 Å². The normalized spacial score (nSPS) is 15.3. The molecule has 0 spiro atoms. The van der Waals surface area contributed by atoms with Gasteiger partial charge in [-0.1, -0.05) is 5.16 Å². The molecule has 3 heterocycles. The third-order valence-electron chi connectivity index (χ3n) is 3.52. The van der Waals surface area contributed by atoms with Crippen LogP contribution in [0.4, 0.5) is 5.82 Å². The van der Waals surface area contributed by atoms with Gasteiger partial charge in [0.2, 0.25) is 0 Å². The van der Waals surface area contributed by atoms with Crippen LogP contribution in [-0.2, 0) is 0 Å². The van der Waals surface area contributed by atoms with E-state index < -0.39 is 0 Å². The molecule has 7 nitrogen and oxygen atoms in total. The Labute approximate surface area is 122 Å². The highest BCUT2D eigenvalue weighted by molar-refractivity contribution is 5.92. The number of piperazine rings is 1. The van der Waals surface area contributed by atoms with Crippen molar-refractivity contribution in [3.05, 3.63) is 35.3 Å². The van der Waals surface area contributed by atoms with Gasteiger partial charge in [0, 0.05) is 32.2 Å². The Balaban J connectivity index is 1.62. The standard InChI is InChI=1S/C14H17N5O2/c1-10-3-4-13(16-15-10)18-5-7-19(8-6-18)14(20)12-9-11(2)21-17-12/h3-4,9H,5-8H2,1-2H3. The van der Waals surface area contributed by atoms with Crippen LogP contribution in [0.1, 0.15) is 21.9 Å². The van der Waals surface area contributed by atoms with Gasteiger partial charge >= 0.3 is 0 Å². The van der Waals surface area contributed by atoms with E-state index in [2.05, 4.69) is 20.3 Å². The molecule has 110 valence electrons. The zero-order valence-electron chi connectivity index (χ0n) is 12.1. The number of rotatable bonds is 2. The summed E-state index contributed by atoms with van der Waals surface area (Å²) in [5, 5.41) is 12.0. The molecule has 0 aliphatic carbocycles. The first kappa shape index (κ1) is 13.5. The van der Waals surface area contributed by atoms with Crippen LogP contribution in [0.15, 0.2) is 22.7 Å². The topological polar surface area (TPSA) is 75.4 Å². The summed E-state index contributed by atoms with van der Waals surface area (Å²) in [7, 11) is 0. The maximum absolute atomic E-state index is 12.3. The maximum atomic E-state index is 12.3. The lowest BCUT2D eigenvalue weighted by Gasteiger charge is -2.34. The smallest absolute Gasteiger partial charge is 0.276 e. The van der Waals surface area contributed by atoms with Gasteiger partial charge in [0.05, 0.1) is 5.69 Å². The summed E-state index contributed by atoms with van der Waals surface area (Å²) in [6.45, 7) is 6.44. The Morgan fingerprint density at radius 3 is 2.48 bits per heavy atom. The average molecular weight is 287 g/mol. The van der Waals surface area contributed by atoms with Gasteiger partial charge in [-0.25, -0.2) is 0 Å². The molecule has 1 amide bonds. The first-order valence-corrected chi connectivity index (χ1v) is 6.91. The first-order valence-electron chi connectivity index (χ1n) is 6.91. The summed E-state index contributed by atoms with van der Waals surface area (Å²) >= 11 is 0. The fourth-order valence-corrected chi connectivity index (χ4v) is 2.33. The average Bonchev–Trinajstić information content (AvgIpc) is 2.94. The highest BCUT2D eigenvalue weighted by Gasteiger charge is 2.24. The Morgan fingerprint density at radius 2 is 1.90 bits per heavy atom. The summed E-state index contributed by atoms with van der Waals surface area (Å²) in [5.41, 5.74) is 1.27. The summed E-state index contributed by atoms with van der Waals surface area (Å²) < 4.78 is 4.95. The van der Waals surface area contributed by atoms with Crippen molar-refractivity contribution < 1.29 is 9.32 Å². The van der Waals surface area contributed by atoms with Gasteiger partial charge in [-0.05, 0) is 26.0 Å². The number of aryl methyl sites for hydroxylation is 2. The molecule has 3 rings (SSSR count). The molecule has 1 saturated heterocycles. The molecule has 0 aromatic carbocycles. The van der Waals surface area contributed by atoms with E-state index in [0.29, 0.717) is 24.5 Å². The van der Waals surface area contributed by atoms with Gasteiger partial charge in [-0.15, -0.1) is 5.10 Å². The minimum absolute atomic E-state index is 0.0820. The molecule has 0 bridgehead atoms. The lowest BCUT2D eigenvalue weighted by atomic mass is 10.2. The van der Waals surface area contributed by atoms with Crippen LogP contribution < -0.4 is 4.90 Å². The Kier molecular flexibility index (Phi) is 3.55. The summed E-state index contributed by atoms with van der Waals surface area (Å²) in [4.78, 5) is 16.2. The van der Waals surface area contributed by atoms with E-state index in [1.54, 1.807) is 17.9 Å². The molecule has 2 aromatic heterocycles. The van der Waals surface area contributed by atoms with Crippen LogP contribution in [0.5, 0.6) is 0 Å². The Bertz CT molecular complexity index is 629. The first-order chi connectivity index (χ1) is 10.1. The van der Waals surface area contributed by atoms with Gasteiger partial charge in [-0.3, -0.25) is 4.79 Å². The quantitative estimate of drug-likeness (QED) is 0.821. The van der Waals surface area contributed by atoms with Gasteiger partial charge in [0.1, 0.15) is 5.76 Å². The van der Waals surface area contributed by atoms with E-state index in [-0.39, 0.29) is 5.91 Å². The number of carbonyl (C=O) groups excluding carboxylic acids is 1. The molecule has 0 unspecified atom stereocenters. The van der Waals surface area contributed by atoms with Crippen LogP contribution >= 0.6 is 0 Å². The number of nitrogens with zero attached hydrogens (tertiary/aromatic N) is 5. The Morgan fingerprint density at radius 1 is 1.14 bits per heavy atom. The molecule has 1 fully saturated rings. The highest BCUT2D eigenvalue weighted by atomic mass is 16.5. The number of carbonyl (C=O) groups is 1. The van der Waals surface area contributed by atoms with Crippen molar-refractivity contribution in [1.82, 2.24) is 20.3 Å². The number of amides is 1. The fraction of sp³-hybridized carbons (Fsp3) is 0.429. The van der Waals surface area contributed by atoms with Crippen molar-refractivity contribution in [2.24, 2.45) is 0 Å². The van der Waals surface area contributed by atoms with Gasteiger partial charge in [0.25, 0.3) is 5.91 Å². The maximum Gasteiger partial charge on any atom is 0.276 e. The van der Waals surface area contributed by atoms with Crippen LogP contribution in [0.3, 0.4) is 0 Å². The monoisotopic (exact) mass is 287 g/mol. The van der Waals surface area contributed by atoms with E-state index in [9.17, 15) is 4.79 Å². The van der Waals surface area contributed by atoms with E-state index in [4.69, 9.17) is 4.52 Å². The second-order valence-electron chi connectivity index (χ2n) is 5.13. The van der Waals surface area contributed by atoms with Crippen molar-refractivity contribution in [2.75, 3.05) is 31.1 Å². The fourth-order valence-electron chi connectivity index (χ4n) is 2.33. The predicted octanol–water partition coefficient (Wildman–Crippen LogP) is 1.04. The highest BCUT2D eigenvalue weighted by Crippen LogP contribution is 2.14. The van der Waals surface area contributed by atoms with Crippen molar-refractivity contribution in [2.45, 2.75) is 13.8 Å². The van der Waals surface area contributed by atoms with Crippen molar-refractivity contribution in [3.63, 3.8) is 0 Å². The number of anilines is 1. The van der Waals surface area contributed by atoms with Crippen LogP contribution in [0.25, 0.3) is 0 Å². The number of hydrogen-bond acceptors (Lipinski definition) is 6. The molecule has 1 aliphatic heterocycles. The van der Waals surface area contributed by atoms with E-state index in [0.717, 1.165) is 24.6 Å². The summed E-state index contributed by atoms with van der Waals surface area (Å²) in [6, 6.07) is 5.57. The molecule has 2 aromatic rings. The minimum Gasteiger partial charge on any atom is -0.361 e. The molecular weight excluding hydrogens is 270 g/mol. The van der Waals surface area contributed by atoms with Gasteiger partial charge < -0.3 is 14.3 Å². The molecule has 7 heteroatoms. The lowest BCUT2D eigenvalue weighted by molar-refractivity contribution is 0.0736. The Hall–Kier alpha value is -2.44. The summed E-state index contributed by atoms with van der Waals surface area (Å²) in [6.07, 6.45) is 0. The third-order valence-corrected chi connectivity index (χ3v) is 3.52. The molecule has 0 saturated carbocycles.